The van der Waals surface area contributed by atoms with Crippen molar-refractivity contribution < 1.29 is 23.1 Å². The highest BCUT2D eigenvalue weighted by molar-refractivity contribution is 5.97. The smallest absolute Gasteiger partial charge is 0.341 e. The number of hydrogen-bond acceptors (Lipinski definition) is 4. The van der Waals surface area contributed by atoms with Crippen molar-refractivity contribution >= 4 is 12.0 Å². The largest absolute Gasteiger partial charge is 0.465 e. The summed E-state index contributed by atoms with van der Waals surface area (Å²) in [7, 11) is 1.14. The van der Waals surface area contributed by atoms with Gasteiger partial charge in [-0.3, -0.25) is 0 Å². The van der Waals surface area contributed by atoms with Crippen molar-refractivity contribution in [1.29, 1.82) is 5.26 Å². The van der Waals surface area contributed by atoms with E-state index >= 15 is 0 Å². The molecule has 0 unspecified atom stereocenters. The van der Waals surface area contributed by atoms with Crippen molar-refractivity contribution in [3.8, 4) is 17.2 Å². The summed E-state index contributed by atoms with van der Waals surface area (Å²) >= 11 is 0. The molecule has 3 aromatic carbocycles. The van der Waals surface area contributed by atoms with Gasteiger partial charge in [-0.2, -0.15) is 5.26 Å². The fourth-order valence-corrected chi connectivity index (χ4v) is 3.24. The van der Waals surface area contributed by atoms with Gasteiger partial charge < -0.3 is 15.4 Å². The minimum atomic E-state index is -0.855. The molecule has 0 aliphatic carbocycles. The number of rotatable bonds is 7. The molecule has 8 heteroatoms. The molecule has 168 valence electrons. The van der Waals surface area contributed by atoms with Gasteiger partial charge in [0.2, 0.25) is 0 Å². The van der Waals surface area contributed by atoms with Gasteiger partial charge in [-0.1, -0.05) is 36.4 Å². The molecule has 0 aromatic heterocycles. The topological polar surface area (TPSA) is 91.2 Å². The summed E-state index contributed by atoms with van der Waals surface area (Å²) in [5.41, 5.74) is 2.02. The third-order valence-electron chi connectivity index (χ3n) is 4.99. The summed E-state index contributed by atoms with van der Waals surface area (Å²) in [6.07, 6.45) is 0.582. The van der Waals surface area contributed by atoms with Gasteiger partial charge in [0.05, 0.1) is 18.7 Å². The third-order valence-corrected chi connectivity index (χ3v) is 4.99. The van der Waals surface area contributed by atoms with Crippen LogP contribution in [0.25, 0.3) is 11.1 Å². The third kappa shape index (κ3) is 5.92. The number of benzene rings is 3. The van der Waals surface area contributed by atoms with Gasteiger partial charge in [0.15, 0.2) is 0 Å². The Hall–Kier alpha value is -4.25. The normalized spacial score (nSPS) is 10.2. The molecule has 0 heterocycles. The molecular weight excluding hydrogens is 428 g/mol. The monoisotopic (exact) mass is 449 g/mol. The number of urea groups is 1. The Balaban J connectivity index is 1.59. The maximum Gasteiger partial charge on any atom is 0.341 e. The molecule has 2 N–H and O–H groups in total. The van der Waals surface area contributed by atoms with Crippen molar-refractivity contribution in [2.24, 2.45) is 0 Å². The molecule has 0 aliphatic heterocycles. The average Bonchev–Trinajstić information content (AvgIpc) is 2.83. The second-order valence-electron chi connectivity index (χ2n) is 7.13. The van der Waals surface area contributed by atoms with Crippen LogP contribution in [0, 0.1) is 23.0 Å². The van der Waals surface area contributed by atoms with Crippen LogP contribution < -0.4 is 10.6 Å². The molecule has 33 heavy (non-hydrogen) atoms. The first-order chi connectivity index (χ1) is 15.9. The summed E-state index contributed by atoms with van der Waals surface area (Å²) in [6, 6.07) is 16.9. The van der Waals surface area contributed by atoms with E-state index in [0.717, 1.165) is 18.7 Å². The molecule has 0 radical (unpaired) electrons. The van der Waals surface area contributed by atoms with Crippen LogP contribution in [0.1, 0.15) is 27.0 Å². The van der Waals surface area contributed by atoms with Crippen molar-refractivity contribution in [1.82, 2.24) is 10.6 Å². The first-order valence-electron chi connectivity index (χ1n) is 10.1. The molecule has 0 fully saturated rings. The molecule has 3 rings (SSSR count). The summed E-state index contributed by atoms with van der Waals surface area (Å²) in [4.78, 5) is 24.0. The second kappa shape index (κ2) is 10.9. The Morgan fingerprint density at radius 3 is 2.42 bits per heavy atom. The second-order valence-corrected chi connectivity index (χ2v) is 7.13. The molecular formula is C25H21F2N3O3. The molecule has 0 saturated carbocycles. The van der Waals surface area contributed by atoms with Crippen LogP contribution in [0.3, 0.4) is 0 Å². The quantitative estimate of drug-likeness (QED) is 0.525. The SMILES string of the molecule is COC(=O)c1c(F)cccc1-c1ccc(CNC(=O)NCCc2ccc(C#N)cc2)c(F)c1. The van der Waals surface area contributed by atoms with Crippen LogP contribution >= 0.6 is 0 Å². The van der Waals surface area contributed by atoms with E-state index in [-0.39, 0.29) is 23.2 Å². The fourth-order valence-electron chi connectivity index (χ4n) is 3.24. The Labute approximate surface area is 189 Å². The molecule has 0 spiro atoms. The summed E-state index contributed by atoms with van der Waals surface area (Å²) in [5.74, 6) is -2.22. The van der Waals surface area contributed by atoms with Crippen molar-refractivity contribution in [3.63, 3.8) is 0 Å². The van der Waals surface area contributed by atoms with Crippen LogP contribution in [0.2, 0.25) is 0 Å². The number of hydrogen-bond donors (Lipinski definition) is 2. The van der Waals surface area contributed by atoms with E-state index in [1.807, 2.05) is 18.2 Å². The van der Waals surface area contributed by atoms with Gasteiger partial charge in [0.25, 0.3) is 0 Å². The van der Waals surface area contributed by atoms with Crippen molar-refractivity contribution in [2.45, 2.75) is 13.0 Å². The molecule has 3 aromatic rings. The van der Waals surface area contributed by atoms with Crippen molar-refractivity contribution in [3.05, 3.63) is 94.6 Å². The fraction of sp³-hybridized carbons (Fsp3) is 0.160. The number of ether oxygens (including phenoxy) is 1. The van der Waals surface area contributed by atoms with E-state index < -0.39 is 23.6 Å². The highest BCUT2D eigenvalue weighted by Crippen LogP contribution is 2.28. The highest BCUT2D eigenvalue weighted by atomic mass is 19.1. The van der Waals surface area contributed by atoms with Crippen molar-refractivity contribution in [2.75, 3.05) is 13.7 Å². The number of nitrogens with zero attached hydrogens (tertiary/aromatic N) is 1. The Morgan fingerprint density at radius 2 is 1.76 bits per heavy atom. The maximum absolute atomic E-state index is 14.6. The zero-order chi connectivity index (χ0) is 23.8. The minimum Gasteiger partial charge on any atom is -0.465 e. The lowest BCUT2D eigenvalue weighted by Crippen LogP contribution is -2.36. The molecule has 0 bridgehead atoms. The number of amides is 2. The molecule has 0 saturated heterocycles. The zero-order valence-corrected chi connectivity index (χ0v) is 17.8. The summed E-state index contributed by atoms with van der Waals surface area (Å²) in [5, 5.41) is 14.1. The number of nitriles is 1. The zero-order valence-electron chi connectivity index (χ0n) is 17.8. The van der Waals surface area contributed by atoms with Gasteiger partial charge in [0.1, 0.15) is 17.2 Å². The van der Waals surface area contributed by atoms with Gasteiger partial charge >= 0.3 is 12.0 Å². The van der Waals surface area contributed by atoms with E-state index in [1.54, 1.807) is 18.2 Å². The van der Waals surface area contributed by atoms with E-state index in [1.165, 1.54) is 24.3 Å². The first-order valence-corrected chi connectivity index (χ1v) is 10.1. The van der Waals surface area contributed by atoms with E-state index in [9.17, 15) is 18.4 Å². The van der Waals surface area contributed by atoms with E-state index in [0.29, 0.717) is 24.1 Å². The Bertz CT molecular complexity index is 1200. The van der Waals surface area contributed by atoms with Crippen LogP contribution in [0.5, 0.6) is 0 Å². The maximum atomic E-state index is 14.6. The lowest BCUT2D eigenvalue weighted by molar-refractivity contribution is 0.0596. The van der Waals surface area contributed by atoms with Gasteiger partial charge in [-0.25, -0.2) is 18.4 Å². The molecule has 0 atom stereocenters. The predicted molar refractivity (Wildman–Crippen MR) is 118 cm³/mol. The minimum absolute atomic E-state index is 0.0537. The van der Waals surface area contributed by atoms with Crippen LogP contribution in [-0.2, 0) is 17.7 Å². The Morgan fingerprint density at radius 1 is 1.00 bits per heavy atom. The van der Waals surface area contributed by atoms with E-state index in [4.69, 9.17) is 5.26 Å². The van der Waals surface area contributed by atoms with Gasteiger partial charge in [-0.15, -0.1) is 0 Å². The summed E-state index contributed by atoms with van der Waals surface area (Å²) in [6.45, 7) is 0.316. The molecule has 0 aliphatic rings. The molecule has 6 nitrogen and oxygen atoms in total. The number of halogens is 2. The summed E-state index contributed by atoms with van der Waals surface area (Å²) < 4.78 is 33.4. The molecule has 2 amide bonds. The Kier molecular flexibility index (Phi) is 7.71. The number of carbonyl (C=O) groups excluding carboxylic acids is 2. The van der Waals surface area contributed by atoms with E-state index in [2.05, 4.69) is 15.4 Å². The number of carbonyl (C=O) groups is 2. The number of nitrogens with one attached hydrogen (secondary N) is 2. The first kappa shape index (κ1) is 23.4. The average molecular weight is 449 g/mol. The van der Waals surface area contributed by atoms with Gasteiger partial charge in [-0.05, 0) is 47.4 Å². The lowest BCUT2D eigenvalue weighted by Gasteiger charge is -2.12. The van der Waals surface area contributed by atoms with Crippen LogP contribution in [0.4, 0.5) is 13.6 Å². The number of esters is 1. The highest BCUT2D eigenvalue weighted by Gasteiger charge is 2.19. The van der Waals surface area contributed by atoms with Crippen LogP contribution in [0.15, 0.2) is 60.7 Å². The van der Waals surface area contributed by atoms with Gasteiger partial charge in [0, 0.05) is 18.7 Å². The lowest BCUT2D eigenvalue weighted by atomic mass is 9.98. The van der Waals surface area contributed by atoms with Crippen LogP contribution in [-0.4, -0.2) is 25.7 Å². The number of methoxy groups -OCH3 is 1. The standard InChI is InChI=1S/C25H21F2N3O3/c1-33-24(31)23-20(3-2-4-21(23)26)18-9-10-19(22(27)13-18)15-30-25(32)29-12-11-16-5-7-17(14-28)8-6-16/h2-10,13H,11-12,15H2,1H3,(H2,29,30,32). The predicted octanol–water partition coefficient (Wildman–Crippen LogP) is 4.33.